The second-order valence-electron chi connectivity index (χ2n) is 9.82. The van der Waals surface area contributed by atoms with E-state index in [2.05, 4.69) is 5.32 Å². The molecule has 2 amide bonds. The van der Waals surface area contributed by atoms with E-state index in [9.17, 15) is 18.0 Å². The Morgan fingerprint density at radius 1 is 1.03 bits per heavy atom. The summed E-state index contributed by atoms with van der Waals surface area (Å²) in [5.74, 6) is 0.280. The highest BCUT2D eigenvalue weighted by Crippen LogP contribution is 2.23. The van der Waals surface area contributed by atoms with Crippen molar-refractivity contribution in [3.05, 3.63) is 59.2 Å². The van der Waals surface area contributed by atoms with Crippen molar-refractivity contribution in [3.63, 3.8) is 0 Å². The average molecular weight is 546 g/mol. The molecule has 0 saturated heterocycles. The van der Waals surface area contributed by atoms with Gasteiger partial charge in [0.2, 0.25) is 21.8 Å². The number of nitrogens with zero attached hydrogens (tertiary/aromatic N) is 2. The molecule has 8 nitrogen and oxygen atoms in total. The fraction of sp³-hybridized carbons (Fsp3) is 0.517. The molecule has 38 heavy (non-hydrogen) atoms. The van der Waals surface area contributed by atoms with Gasteiger partial charge in [-0.2, -0.15) is 0 Å². The summed E-state index contributed by atoms with van der Waals surface area (Å²) in [6.07, 6.45) is 2.83. The van der Waals surface area contributed by atoms with Crippen LogP contribution in [0.5, 0.6) is 5.75 Å². The Morgan fingerprint density at radius 2 is 1.74 bits per heavy atom. The van der Waals surface area contributed by atoms with Crippen LogP contribution in [0, 0.1) is 13.8 Å². The molecule has 0 aliphatic rings. The molecule has 0 unspecified atom stereocenters. The molecule has 0 bridgehead atoms. The van der Waals surface area contributed by atoms with Crippen molar-refractivity contribution in [1.29, 1.82) is 0 Å². The van der Waals surface area contributed by atoms with Crippen LogP contribution in [0.1, 0.15) is 63.1 Å². The fourth-order valence-electron chi connectivity index (χ4n) is 4.21. The maximum Gasteiger partial charge on any atom is 0.243 e. The van der Waals surface area contributed by atoms with E-state index >= 15 is 0 Å². The third-order valence-corrected chi connectivity index (χ3v) is 8.00. The molecule has 2 atom stereocenters. The van der Waals surface area contributed by atoms with Crippen molar-refractivity contribution in [1.82, 2.24) is 10.2 Å². The van der Waals surface area contributed by atoms with Crippen molar-refractivity contribution >= 4 is 27.5 Å². The van der Waals surface area contributed by atoms with Crippen LogP contribution in [0.15, 0.2) is 42.5 Å². The first-order chi connectivity index (χ1) is 17.9. The summed E-state index contributed by atoms with van der Waals surface area (Å²) in [5.41, 5.74) is 3.50. The van der Waals surface area contributed by atoms with Crippen LogP contribution in [0.2, 0.25) is 0 Å². The maximum atomic E-state index is 13.6. The standard InChI is InChI=1S/C29H43N3O5S/c1-8-23(5)30-29(34)27(9-2)31(20-24-12-10-13-26(19-24)37-6)28(33)14-11-17-32(38(7,35)36)25-16-15-21(3)22(4)18-25/h10,12-13,15-16,18-19,23,27H,8-9,11,14,17,20H2,1-7H3,(H,30,34)/t23-,27-/m0/s1. The molecule has 0 aliphatic heterocycles. The van der Waals surface area contributed by atoms with Gasteiger partial charge >= 0.3 is 0 Å². The molecule has 2 aromatic carbocycles. The van der Waals surface area contributed by atoms with Crippen molar-refractivity contribution < 1.29 is 22.7 Å². The summed E-state index contributed by atoms with van der Waals surface area (Å²) >= 11 is 0. The number of hydrogen-bond acceptors (Lipinski definition) is 5. The van der Waals surface area contributed by atoms with Crippen LogP contribution in [-0.4, -0.2) is 57.1 Å². The molecule has 0 heterocycles. The van der Waals surface area contributed by atoms with Crippen molar-refractivity contribution in [3.8, 4) is 5.75 Å². The number of carbonyl (C=O) groups excluding carboxylic acids is 2. The zero-order valence-electron chi connectivity index (χ0n) is 23.8. The van der Waals surface area contributed by atoms with E-state index in [-0.39, 0.29) is 37.4 Å². The van der Waals surface area contributed by atoms with Crippen LogP contribution < -0.4 is 14.4 Å². The highest BCUT2D eigenvalue weighted by Gasteiger charge is 2.29. The van der Waals surface area contributed by atoms with Crippen molar-refractivity contribution in [2.75, 3.05) is 24.2 Å². The third-order valence-electron chi connectivity index (χ3n) is 6.80. The van der Waals surface area contributed by atoms with Gasteiger partial charge in [0.25, 0.3) is 0 Å². The van der Waals surface area contributed by atoms with Crippen molar-refractivity contribution in [2.24, 2.45) is 0 Å². The highest BCUT2D eigenvalue weighted by atomic mass is 32.2. The number of anilines is 1. The Balaban J connectivity index is 2.26. The number of hydrogen-bond donors (Lipinski definition) is 1. The molecular formula is C29H43N3O5S. The summed E-state index contributed by atoms with van der Waals surface area (Å²) in [7, 11) is -1.96. The highest BCUT2D eigenvalue weighted by molar-refractivity contribution is 7.92. The quantitative estimate of drug-likeness (QED) is 0.375. The van der Waals surface area contributed by atoms with Crippen LogP contribution in [-0.2, 0) is 26.2 Å². The van der Waals surface area contributed by atoms with Crippen LogP contribution >= 0.6 is 0 Å². The smallest absolute Gasteiger partial charge is 0.243 e. The lowest BCUT2D eigenvalue weighted by Gasteiger charge is -2.32. The lowest BCUT2D eigenvalue weighted by Crippen LogP contribution is -2.50. The maximum absolute atomic E-state index is 13.6. The number of sulfonamides is 1. The minimum absolute atomic E-state index is 0.00777. The van der Waals surface area contributed by atoms with Gasteiger partial charge in [-0.1, -0.05) is 32.0 Å². The number of carbonyl (C=O) groups is 2. The van der Waals surface area contributed by atoms with Gasteiger partial charge in [-0.15, -0.1) is 0 Å². The number of benzene rings is 2. The van der Waals surface area contributed by atoms with E-state index in [4.69, 9.17) is 4.74 Å². The predicted octanol–water partition coefficient (Wildman–Crippen LogP) is 4.58. The number of rotatable bonds is 14. The van der Waals surface area contributed by atoms with E-state index in [0.717, 1.165) is 23.1 Å². The Labute approximate surface area is 228 Å². The lowest BCUT2D eigenvalue weighted by molar-refractivity contribution is -0.141. The summed E-state index contributed by atoms with van der Waals surface area (Å²) in [6.45, 7) is 10.1. The molecule has 210 valence electrons. The second kappa shape index (κ2) is 14.2. The van der Waals surface area contributed by atoms with Gasteiger partial charge in [0, 0.05) is 25.6 Å². The molecule has 0 radical (unpaired) electrons. The lowest BCUT2D eigenvalue weighted by atomic mass is 10.1. The van der Waals surface area contributed by atoms with Crippen molar-refractivity contribution in [2.45, 2.75) is 78.9 Å². The van der Waals surface area contributed by atoms with E-state index in [1.807, 2.05) is 71.0 Å². The Kier molecular flexibility index (Phi) is 11.6. The van der Waals surface area contributed by atoms with Gasteiger partial charge in [0.05, 0.1) is 19.1 Å². The van der Waals surface area contributed by atoms with Gasteiger partial charge < -0.3 is 15.0 Å². The molecule has 0 fully saturated rings. The molecule has 2 rings (SSSR count). The zero-order chi connectivity index (χ0) is 28.5. The monoisotopic (exact) mass is 545 g/mol. The summed E-state index contributed by atoms with van der Waals surface area (Å²) in [6, 6.07) is 12.3. The number of methoxy groups -OCH3 is 1. The van der Waals surface area contributed by atoms with E-state index in [1.165, 1.54) is 10.6 Å². The first-order valence-electron chi connectivity index (χ1n) is 13.2. The van der Waals surface area contributed by atoms with Crippen LogP contribution in [0.25, 0.3) is 0 Å². The fourth-order valence-corrected chi connectivity index (χ4v) is 5.17. The topological polar surface area (TPSA) is 96.0 Å². The molecule has 2 aromatic rings. The molecule has 9 heteroatoms. The Bertz CT molecular complexity index is 1200. The molecule has 0 aromatic heterocycles. The zero-order valence-corrected chi connectivity index (χ0v) is 24.6. The Hall–Kier alpha value is -3.07. The predicted molar refractivity (Wildman–Crippen MR) is 153 cm³/mol. The first kappa shape index (κ1) is 31.1. The van der Waals surface area contributed by atoms with Crippen LogP contribution in [0.4, 0.5) is 5.69 Å². The minimum atomic E-state index is -3.54. The number of nitrogens with one attached hydrogen (secondary N) is 1. The normalized spacial score (nSPS) is 12.9. The number of ether oxygens (including phenoxy) is 1. The van der Waals surface area contributed by atoms with E-state index in [0.29, 0.717) is 24.3 Å². The van der Waals surface area contributed by atoms with E-state index in [1.54, 1.807) is 18.1 Å². The Morgan fingerprint density at radius 3 is 2.32 bits per heavy atom. The number of aryl methyl sites for hydroxylation is 2. The minimum Gasteiger partial charge on any atom is -0.497 e. The largest absolute Gasteiger partial charge is 0.497 e. The number of amides is 2. The van der Waals surface area contributed by atoms with Gasteiger partial charge in [-0.3, -0.25) is 13.9 Å². The average Bonchev–Trinajstić information content (AvgIpc) is 2.87. The molecule has 1 N–H and O–H groups in total. The molecule has 0 saturated carbocycles. The first-order valence-corrected chi connectivity index (χ1v) is 15.0. The molecular weight excluding hydrogens is 502 g/mol. The van der Waals surface area contributed by atoms with Gasteiger partial charge in [-0.25, -0.2) is 8.42 Å². The summed E-state index contributed by atoms with van der Waals surface area (Å²) in [5, 5.41) is 3.00. The van der Waals surface area contributed by atoms with Gasteiger partial charge in [0.1, 0.15) is 11.8 Å². The third kappa shape index (κ3) is 8.75. The van der Waals surface area contributed by atoms with E-state index < -0.39 is 16.1 Å². The SMILES string of the molecule is CC[C@H](C)NC(=O)[C@H](CC)N(Cc1cccc(OC)c1)C(=O)CCCN(c1ccc(C)c(C)c1)S(C)(=O)=O. The van der Waals surface area contributed by atoms with Gasteiger partial charge in [-0.05, 0) is 81.0 Å². The molecule has 0 aliphatic carbocycles. The molecule has 0 spiro atoms. The van der Waals surface area contributed by atoms with Crippen LogP contribution in [0.3, 0.4) is 0 Å². The summed E-state index contributed by atoms with van der Waals surface area (Å²) in [4.78, 5) is 28.3. The summed E-state index contributed by atoms with van der Waals surface area (Å²) < 4.78 is 31.8. The second-order valence-corrected chi connectivity index (χ2v) is 11.7. The van der Waals surface area contributed by atoms with Gasteiger partial charge in [0.15, 0.2) is 0 Å².